The molecule has 18 heteroatoms. The number of carbonyl (C=O) groups is 4. The van der Waals surface area contributed by atoms with Gasteiger partial charge in [-0.25, -0.2) is 10.4 Å². The van der Waals surface area contributed by atoms with Crippen molar-refractivity contribution in [1.29, 1.82) is 0 Å². The lowest BCUT2D eigenvalue weighted by molar-refractivity contribution is -0.155. The van der Waals surface area contributed by atoms with Gasteiger partial charge >= 0.3 is 12.1 Å². The van der Waals surface area contributed by atoms with Gasteiger partial charge in [0.05, 0.1) is 40.8 Å². The van der Waals surface area contributed by atoms with E-state index in [1.165, 1.54) is 20.9 Å². The van der Waals surface area contributed by atoms with Crippen LogP contribution in [0.25, 0.3) is 33.4 Å². The molecular formula is C51H64F3N9O5S. The number of hydrogen-bond acceptors (Lipinski definition) is 11. The number of benzene rings is 1. The SMILES string of the molecule is CC(C)c1ncccc1-c1c2c3cc(ccc3n1CC(F)(F)F)-c1csc(n1)C[C@H](NC(=O)[C@H](C1CCCC1)N1CCCC3(CN(C(=O)[C@H]4CN4)C3)C1)C(=O)N1CCC[C@H](N1)C(=O)OCC(C)(C)C2. The van der Waals surface area contributed by atoms with Gasteiger partial charge in [0.25, 0.3) is 5.91 Å². The average molecular weight is 972 g/mol. The van der Waals surface area contributed by atoms with E-state index in [2.05, 4.69) is 25.9 Å². The molecule has 370 valence electrons. The van der Waals surface area contributed by atoms with Gasteiger partial charge in [-0.1, -0.05) is 46.6 Å². The van der Waals surface area contributed by atoms with Gasteiger partial charge in [0, 0.05) is 83.6 Å². The maximum absolute atomic E-state index is 15.0. The number of hydrazine groups is 1. The fourth-order valence-corrected chi connectivity index (χ4v) is 12.8. The number of pyridine rings is 1. The Morgan fingerprint density at radius 2 is 1.81 bits per heavy atom. The van der Waals surface area contributed by atoms with E-state index in [0.29, 0.717) is 88.7 Å². The number of thiazole rings is 1. The van der Waals surface area contributed by atoms with Crippen LogP contribution in [0.3, 0.4) is 0 Å². The number of likely N-dealkylation sites (tertiary alicyclic amines) is 2. The number of alkyl halides is 3. The fraction of sp³-hybridized carbons (Fsp3) is 0.608. The van der Waals surface area contributed by atoms with Crippen LogP contribution in [0.1, 0.15) is 101 Å². The van der Waals surface area contributed by atoms with Gasteiger partial charge in [-0.3, -0.25) is 34.1 Å². The molecule has 1 spiro atoms. The molecular weight excluding hydrogens is 908 g/mol. The maximum Gasteiger partial charge on any atom is 0.406 e. The topological polar surface area (TPSA) is 164 Å². The lowest BCUT2D eigenvalue weighted by Gasteiger charge is -2.56. The van der Waals surface area contributed by atoms with Gasteiger partial charge in [0.15, 0.2) is 0 Å². The van der Waals surface area contributed by atoms with Crippen LogP contribution in [-0.4, -0.2) is 129 Å². The van der Waals surface area contributed by atoms with Crippen molar-refractivity contribution < 1.29 is 37.1 Å². The van der Waals surface area contributed by atoms with E-state index in [0.717, 1.165) is 51.6 Å². The third-order valence-corrected chi connectivity index (χ3v) is 16.1. The van der Waals surface area contributed by atoms with Gasteiger partial charge < -0.3 is 24.8 Å². The van der Waals surface area contributed by atoms with Crippen LogP contribution in [0.5, 0.6) is 0 Å². The number of rotatable bonds is 8. The summed E-state index contributed by atoms with van der Waals surface area (Å²) < 4.78 is 51.4. The molecule has 3 amide bonds. The molecule has 6 aliphatic rings. The molecule has 4 aromatic rings. The minimum Gasteiger partial charge on any atom is -0.464 e. The Hall–Kier alpha value is -4.91. The zero-order valence-electron chi connectivity index (χ0n) is 40.0. The van der Waals surface area contributed by atoms with Crippen molar-refractivity contribution in [1.82, 2.24) is 45.4 Å². The second-order valence-electron chi connectivity index (χ2n) is 21.7. The fourth-order valence-electron chi connectivity index (χ4n) is 11.9. The van der Waals surface area contributed by atoms with Crippen LogP contribution >= 0.6 is 11.3 Å². The highest BCUT2D eigenvalue weighted by molar-refractivity contribution is 7.10. The van der Waals surface area contributed by atoms with Crippen molar-refractivity contribution in [3.63, 3.8) is 0 Å². The van der Waals surface area contributed by atoms with Crippen LogP contribution in [0.4, 0.5) is 13.2 Å². The predicted molar refractivity (Wildman–Crippen MR) is 256 cm³/mol. The third kappa shape index (κ3) is 9.92. The number of cyclic esters (lactones) is 1. The summed E-state index contributed by atoms with van der Waals surface area (Å²) >= 11 is 1.36. The van der Waals surface area contributed by atoms with E-state index >= 15 is 4.79 Å². The molecule has 1 aliphatic carbocycles. The summed E-state index contributed by atoms with van der Waals surface area (Å²) in [5, 5.41) is 10.9. The highest BCUT2D eigenvalue weighted by atomic mass is 32.1. The minimum absolute atomic E-state index is 0.0341. The second kappa shape index (κ2) is 18.7. The number of nitrogens with zero attached hydrogens (tertiary/aromatic N) is 6. The molecule has 0 unspecified atom stereocenters. The van der Waals surface area contributed by atoms with E-state index in [1.54, 1.807) is 24.4 Å². The second-order valence-corrected chi connectivity index (χ2v) is 22.7. The summed E-state index contributed by atoms with van der Waals surface area (Å²) in [6.45, 7) is 10.5. The van der Waals surface area contributed by atoms with Crippen LogP contribution in [-0.2, 0) is 43.3 Å². The van der Waals surface area contributed by atoms with Gasteiger partial charge in [-0.2, -0.15) is 13.2 Å². The average Bonchev–Trinajstić information content (AvgIpc) is 3.68. The number of carbonyl (C=O) groups excluding carboxylic acids is 4. The van der Waals surface area contributed by atoms with Crippen molar-refractivity contribution in [2.75, 3.05) is 45.9 Å². The molecule has 3 aromatic heterocycles. The summed E-state index contributed by atoms with van der Waals surface area (Å²) in [5.41, 5.74) is 6.46. The Morgan fingerprint density at radius 1 is 1.03 bits per heavy atom. The normalized spacial score (nSPS) is 24.8. The first kappa shape index (κ1) is 47.8. The first-order chi connectivity index (χ1) is 32.9. The molecule has 8 heterocycles. The van der Waals surface area contributed by atoms with Gasteiger partial charge in [0.1, 0.15) is 18.6 Å². The Kier molecular flexibility index (Phi) is 12.9. The first-order valence-electron chi connectivity index (χ1n) is 24.9. The monoisotopic (exact) mass is 971 g/mol. The number of hydrogen-bond donors (Lipinski definition) is 3. The Balaban J connectivity index is 1.01. The van der Waals surface area contributed by atoms with Crippen molar-refractivity contribution in [3.05, 3.63) is 58.2 Å². The summed E-state index contributed by atoms with van der Waals surface area (Å²) in [6.07, 6.45) is 4.23. The molecule has 3 N–H and O–H groups in total. The molecule has 4 saturated heterocycles. The number of aromatic nitrogens is 3. The zero-order chi connectivity index (χ0) is 48.4. The number of piperidine rings is 1. The Labute approximate surface area is 405 Å². The van der Waals surface area contributed by atoms with Crippen molar-refractivity contribution in [3.8, 4) is 22.5 Å². The standard InChI is InChI=1S/C51H64F3N9O5S/c1-30(2)42-33(12-7-17-55-42)44-35-22-49(3,4)29-68-48(67)36-13-8-19-63(59-36)47(66)37(21-41-57-39(24-69-41)32-14-15-40(34(35)20-32)62(44)28-51(52,53)54)58-45(64)43(31-10-5-6-11-31)60-18-9-16-50(25-60)26-61(27-50)46(65)38-23-56-38/h7,12,14-15,17,20,24,30-31,36-38,43,56,59H,5-6,8-11,13,16,18-19,21-23,25-29H2,1-4H3,(H,58,64)/t36-,37-,38+,43-/m0/s1. The summed E-state index contributed by atoms with van der Waals surface area (Å²) in [6, 6.07) is 6.62. The predicted octanol–water partition coefficient (Wildman–Crippen LogP) is 6.62. The molecule has 4 atom stereocenters. The van der Waals surface area contributed by atoms with Crippen LogP contribution in [0, 0.1) is 16.7 Å². The Morgan fingerprint density at radius 3 is 2.55 bits per heavy atom. The number of esters is 1. The van der Waals surface area contributed by atoms with Crippen molar-refractivity contribution in [2.24, 2.45) is 16.7 Å². The number of ether oxygens (including phenoxy) is 1. The molecule has 5 aliphatic heterocycles. The number of nitrogens with one attached hydrogen (secondary N) is 3. The molecule has 1 aromatic carbocycles. The van der Waals surface area contributed by atoms with Crippen LogP contribution in [0.15, 0.2) is 41.9 Å². The summed E-state index contributed by atoms with van der Waals surface area (Å²) in [4.78, 5) is 70.7. The molecule has 0 radical (unpaired) electrons. The zero-order valence-corrected chi connectivity index (χ0v) is 40.8. The van der Waals surface area contributed by atoms with Crippen LogP contribution in [0.2, 0.25) is 0 Å². The molecule has 5 fully saturated rings. The lowest BCUT2D eigenvalue weighted by atomic mass is 9.72. The number of fused-ring (bicyclic) bond motifs is 6. The number of halogens is 3. The van der Waals surface area contributed by atoms with Crippen molar-refractivity contribution >= 4 is 45.9 Å². The van der Waals surface area contributed by atoms with Gasteiger partial charge in [-0.05, 0) is 93.2 Å². The van der Waals surface area contributed by atoms with E-state index in [4.69, 9.17) is 9.72 Å². The smallest absolute Gasteiger partial charge is 0.406 e. The maximum atomic E-state index is 15.0. The first-order valence-corrected chi connectivity index (χ1v) is 25.8. The third-order valence-electron chi connectivity index (χ3n) is 15.3. The quantitative estimate of drug-likeness (QED) is 0.129. The van der Waals surface area contributed by atoms with Gasteiger partial charge in [-0.15, -0.1) is 11.3 Å². The van der Waals surface area contributed by atoms with Gasteiger partial charge in [0.2, 0.25) is 11.8 Å². The molecule has 69 heavy (non-hydrogen) atoms. The highest BCUT2D eigenvalue weighted by Gasteiger charge is 2.52. The van der Waals surface area contributed by atoms with E-state index < -0.39 is 42.2 Å². The molecule has 1 saturated carbocycles. The molecule has 10 rings (SSSR count). The van der Waals surface area contributed by atoms with Crippen molar-refractivity contribution in [2.45, 2.75) is 135 Å². The highest BCUT2D eigenvalue weighted by Crippen LogP contribution is 2.45. The lowest BCUT2D eigenvalue weighted by Crippen LogP contribution is -2.68. The van der Waals surface area contributed by atoms with Crippen LogP contribution < -0.4 is 16.1 Å². The summed E-state index contributed by atoms with van der Waals surface area (Å²) in [7, 11) is 0. The van der Waals surface area contributed by atoms with E-state index in [1.807, 2.05) is 50.1 Å². The minimum atomic E-state index is -4.54. The summed E-state index contributed by atoms with van der Waals surface area (Å²) in [5.74, 6) is -0.920. The Bertz CT molecular complexity index is 2610. The molecule has 14 nitrogen and oxygen atoms in total. The molecule has 6 bridgehead atoms. The van der Waals surface area contributed by atoms with E-state index in [9.17, 15) is 27.6 Å². The largest absolute Gasteiger partial charge is 0.464 e. The number of amides is 3. The van der Waals surface area contributed by atoms with E-state index in [-0.39, 0.29) is 60.5 Å².